The Morgan fingerprint density at radius 3 is 2.62 bits per heavy atom. The number of rotatable bonds is 2. The molecular weight excluding hydrogens is 288 g/mol. The molecule has 0 saturated carbocycles. The minimum atomic E-state index is -0.999. The van der Waals surface area contributed by atoms with Gasteiger partial charge in [0.05, 0.1) is 11.4 Å². The van der Waals surface area contributed by atoms with Gasteiger partial charge in [-0.2, -0.15) is 0 Å². The molecule has 2 aromatic rings. The van der Waals surface area contributed by atoms with Crippen LogP contribution < -0.4 is 4.74 Å². The van der Waals surface area contributed by atoms with Gasteiger partial charge in [0, 0.05) is 10.6 Å². The second-order valence-corrected chi connectivity index (χ2v) is 5.86. The van der Waals surface area contributed by atoms with Gasteiger partial charge in [-0.05, 0) is 26.0 Å². The highest BCUT2D eigenvalue weighted by Gasteiger charge is 2.26. The average molecular weight is 302 g/mol. The third-order valence-electron chi connectivity index (χ3n) is 3.30. The van der Waals surface area contributed by atoms with Crippen LogP contribution in [0.5, 0.6) is 5.75 Å². The van der Waals surface area contributed by atoms with Gasteiger partial charge in [0.1, 0.15) is 11.3 Å². The van der Waals surface area contributed by atoms with Crippen molar-refractivity contribution < 1.29 is 14.6 Å². The molecule has 1 aromatic carbocycles. The fraction of sp³-hybridized carbons (Fsp3) is 0.267. The molecule has 1 aliphatic heterocycles. The van der Waals surface area contributed by atoms with E-state index in [9.17, 15) is 4.79 Å². The van der Waals surface area contributed by atoms with Crippen LogP contribution in [0.3, 0.4) is 0 Å². The third-order valence-corrected chi connectivity index (χ3v) is 4.42. The summed E-state index contributed by atoms with van der Waals surface area (Å²) in [5.41, 5.74) is 1.11. The zero-order valence-electron chi connectivity index (χ0n) is 11.7. The van der Waals surface area contributed by atoms with Crippen LogP contribution >= 0.6 is 11.8 Å². The highest BCUT2D eigenvalue weighted by molar-refractivity contribution is 7.99. The number of carboxylic acids is 1. The molecule has 0 spiro atoms. The van der Waals surface area contributed by atoms with Crippen molar-refractivity contribution in [3.63, 3.8) is 0 Å². The van der Waals surface area contributed by atoms with E-state index >= 15 is 0 Å². The van der Waals surface area contributed by atoms with Gasteiger partial charge < -0.3 is 9.84 Å². The lowest BCUT2D eigenvalue weighted by atomic mass is 10.1. The van der Waals surface area contributed by atoms with Crippen LogP contribution in [0, 0.1) is 13.8 Å². The van der Waals surface area contributed by atoms with Crippen LogP contribution in [0.1, 0.15) is 33.7 Å². The summed E-state index contributed by atoms with van der Waals surface area (Å²) in [7, 11) is 0. The number of aromatic nitrogens is 2. The molecule has 0 bridgehead atoms. The largest absolute Gasteiger partial charge is 0.480 e. The van der Waals surface area contributed by atoms with Gasteiger partial charge in [-0.3, -0.25) is 0 Å². The Bertz CT molecular complexity index is 695. The molecule has 0 radical (unpaired) electrons. The molecule has 0 saturated heterocycles. The van der Waals surface area contributed by atoms with E-state index in [0.29, 0.717) is 23.0 Å². The molecule has 0 amide bonds. The van der Waals surface area contributed by atoms with Crippen LogP contribution in [0.25, 0.3) is 0 Å². The van der Waals surface area contributed by atoms with Crippen molar-refractivity contribution in [1.82, 2.24) is 9.97 Å². The number of carbonyl (C=O) groups is 1. The number of fused-ring (bicyclic) bond motifs is 1. The molecule has 21 heavy (non-hydrogen) atoms. The molecule has 1 unspecified atom stereocenters. The van der Waals surface area contributed by atoms with Crippen LogP contribution in [-0.4, -0.2) is 26.8 Å². The van der Waals surface area contributed by atoms with Crippen molar-refractivity contribution in [1.29, 1.82) is 0 Å². The molecule has 1 N–H and O–H groups in total. The number of para-hydroxylation sites is 1. The van der Waals surface area contributed by atoms with Crippen molar-refractivity contribution in [2.75, 3.05) is 5.75 Å². The predicted octanol–water partition coefficient (Wildman–Crippen LogP) is 3.02. The van der Waals surface area contributed by atoms with Crippen LogP contribution in [0.15, 0.2) is 29.2 Å². The Balaban J connectivity index is 1.94. The maximum atomic E-state index is 11.2. The van der Waals surface area contributed by atoms with Crippen molar-refractivity contribution in [3.05, 3.63) is 47.0 Å². The molecule has 0 fully saturated rings. The fourth-order valence-electron chi connectivity index (χ4n) is 2.34. The summed E-state index contributed by atoms with van der Waals surface area (Å²) in [6, 6.07) is 7.83. The van der Waals surface area contributed by atoms with E-state index in [2.05, 4.69) is 9.97 Å². The minimum absolute atomic E-state index is 0.169. The lowest BCUT2D eigenvalue weighted by molar-refractivity contribution is 0.0693. The maximum absolute atomic E-state index is 11.2. The van der Waals surface area contributed by atoms with Gasteiger partial charge >= 0.3 is 5.97 Å². The number of aromatic carboxylic acids is 1. The summed E-state index contributed by atoms with van der Waals surface area (Å²) in [5, 5.41) is 9.16. The highest BCUT2D eigenvalue weighted by Crippen LogP contribution is 2.39. The zero-order valence-corrected chi connectivity index (χ0v) is 12.5. The van der Waals surface area contributed by atoms with Crippen molar-refractivity contribution >= 4 is 17.7 Å². The Hall–Kier alpha value is -2.08. The predicted molar refractivity (Wildman–Crippen MR) is 79.0 cm³/mol. The average Bonchev–Trinajstić information content (AvgIpc) is 2.45. The van der Waals surface area contributed by atoms with Crippen molar-refractivity contribution in [2.45, 2.75) is 24.8 Å². The summed E-state index contributed by atoms with van der Waals surface area (Å²) in [6.45, 7) is 3.37. The third kappa shape index (κ3) is 2.58. The van der Waals surface area contributed by atoms with Gasteiger partial charge in [-0.1, -0.05) is 12.1 Å². The van der Waals surface area contributed by atoms with Gasteiger partial charge in [0.25, 0.3) is 0 Å². The summed E-state index contributed by atoms with van der Waals surface area (Å²) >= 11 is 1.69. The fourth-order valence-corrected chi connectivity index (χ4v) is 3.32. The first-order valence-electron chi connectivity index (χ1n) is 6.53. The summed E-state index contributed by atoms with van der Waals surface area (Å²) < 4.78 is 5.94. The number of carboxylic acid groups (broad SMARTS) is 1. The number of hydrogen-bond acceptors (Lipinski definition) is 5. The van der Waals surface area contributed by atoms with Crippen LogP contribution in [0.2, 0.25) is 0 Å². The van der Waals surface area contributed by atoms with E-state index in [1.165, 1.54) is 0 Å². The number of aryl methyl sites for hydroxylation is 2. The summed E-state index contributed by atoms with van der Waals surface area (Å²) in [4.78, 5) is 20.9. The second-order valence-electron chi connectivity index (χ2n) is 4.80. The van der Waals surface area contributed by atoms with Gasteiger partial charge in [-0.25, -0.2) is 14.8 Å². The SMILES string of the molecule is Cc1nc(C2CSc3ccccc3O2)nc(C)c1C(=O)O. The Kier molecular flexibility index (Phi) is 3.55. The Morgan fingerprint density at radius 1 is 1.29 bits per heavy atom. The van der Waals surface area contributed by atoms with Crippen molar-refractivity contribution in [2.24, 2.45) is 0 Å². The monoisotopic (exact) mass is 302 g/mol. The molecule has 5 nitrogen and oxygen atoms in total. The maximum Gasteiger partial charge on any atom is 0.339 e. The quantitative estimate of drug-likeness (QED) is 0.919. The Morgan fingerprint density at radius 2 is 1.95 bits per heavy atom. The summed E-state index contributed by atoms with van der Waals surface area (Å²) in [5.74, 6) is 1.07. The van der Waals surface area contributed by atoms with E-state index < -0.39 is 5.97 Å². The van der Waals surface area contributed by atoms with Crippen LogP contribution in [0.4, 0.5) is 0 Å². The smallest absolute Gasteiger partial charge is 0.339 e. The standard InChI is InChI=1S/C15H14N2O3S/c1-8-13(15(18)19)9(2)17-14(16-8)11-7-21-12-6-4-3-5-10(12)20-11/h3-6,11H,7H2,1-2H3,(H,18,19). The van der Waals surface area contributed by atoms with E-state index in [-0.39, 0.29) is 11.7 Å². The number of nitrogens with zero attached hydrogens (tertiary/aromatic N) is 2. The molecule has 2 heterocycles. The van der Waals surface area contributed by atoms with E-state index in [1.54, 1.807) is 25.6 Å². The minimum Gasteiger partial charge on any atom is -0.480 e. The number of thioether (sulfide) groups is 1. The first-order chi connectivity index (χ1) is 10.1. The zero-order chi connectivity index (χ0) is 15.0. The summed E-state index contributed by atoms with van der Waals surface area (Å²) in [6.07, 6.45) is -0.259. The first-order valence-corrected chi connectivity index (χ1v) is 7.51. The van der Waals surface area contributed by atoms with E-state index in [4.69, 9.17) is 9.84 Å². The molecule has 1 atom stereocenters. The highest BCUT2D eigenvalue weighted by atomic mass is 32.2. The number of ether oxygens (including phenoxy) is 1. The lowest BCUT2D eigenvalue weighted by Gasteiger charge is -2.25. The van der Waals surface area contributed by atoms with Crippen LogP contribution in [-0.2, 0) is 0 Å². The van der Waals surface area contributed by atoms with Gasteiger partial charge in [-0.15, -0.1) is 11.8 Å². The second kappa shape index (κ2) is 5.37. The first kappa shape index (κ1) is 13.9. The lowest BCUT2D eigenvalue weighted by Crippen LogP contribution is -2.20. The van der Waals surface area contributed by atoms with Crippen molar-refractivity contribution in [3.8, 4) is 5.75 Å². The molecule has 1 aliphatic rings. The molecule has 0 aliphatic carbocycles. The molecule has 1 aromatic heterocycles. The molecule has 3 rings (SSSR count). The topological polar surface area (TPSA) is 72.3 Å². The van der Waals surface area contributed by atoms with E-state index in [1.807, 2.05) is 24.3 Å². The molecular formula is C15H14N2O3S. The van der Waals surface area contributed by atoms with E-state index in [0.717, 1.165) is 10.6 Å². The Labute approximate surface area is 126 Å². The number of hydrogen-bond donors (Lipinski definition) is 1. The molecule has 6 heteroatoms. The molecule has 108 valence electrons. The van der Waals surface area contributed by atoms with Gasteiger partial charge in [0.2, 0.25) is 0 Å². The van der Waals surface area contributed by atoms with Gasteiger partial charge in [0.15, 0.2) is 11.9 Å². The normalized spacial score (nSPS) is 17.0. The number of benzene rings is 1.